The Kier molecular flexibility index (Phi) is 6.02. The molecule has 1 fully saturated rings. The highest BCUT2D eigenvalue weighted by Crippen LogP contribution is 2.30. The van der Waals surface area contributed by atoms with Gasteiger partial charge in [0, 0.05) is 42.6 Å². The van der Waals surface area contributed by atoms with Gasteiger partial charge in [-0.2, -0.15) is 0 Å². The van der Waals surface area contributed by atoms with Gasteiger partial charge in [0.1, 0.15) is 0 Å². The van der Waals surface area contributed by atoms with Gasteiger partial charge in [-0.15, -0.1) is 0 Å². The predicted molar refractivity (Wildman–Crippen MR) is 114 cm³/mol. The highest BCUT2D eigenvalue weighted by molar-refractivity contribution is 6.25. The molecule has 4 rings (SSSR count). The average Bonchev–Trinajstić information content (AvgIpc) is 2.79. The second-order valence-corrected chi connectivity index (χ2v) is 8.01. The normalized spacial score (nSPS) is 18.4. The zero-order valence-electron chi connectivity index (χ0n) is 17.6. The molecule has 1 saturated heterocycles. The van der Waals surface area contributed by atoms with Crippen LogP contribution in [0.4, 0.5) is 0 Å². The molecule has 0 N–H and O–H groups in total. The van der Waals surface area contributed by atoms with E-state index < -0.39 is 0 Å². The van der Waals surface area contributed by atoms with Crippen molar-refractivity contribution in [3.05, 3.63) is 47.5 Å². The van der Waals surface area contributed by atoms with E-state index in [4.69, 9.17) is 4.74 Å². The van der Waals surface area contributed by atoms with Gasteiger partial charge in [-0.1, -0.05) is 24.3 Å². The van der Waals surface area contributed by atoms with Gasteiger partial charge in [0.2, 0.25) is 5.91 Å². The van der Waals surface area contributed by atoms with E-state index in [1.54, 1.807) is 24.0 Å². The van der Waals surface area contributed by atoms with Crippen molar-refractivity contribution >= 4 is 34.5 Å². The number of amides is 3. The summed E-state index contributed by atoms with van der Waals surface area (Å²) >= 11 is 0. The van der Waals surface area contributed by atoms with Crippen LogP contribution in [0.5, 0.6) is 0 Å². The molecule has 0 unspecified atom stereocenters. The summed E-state index contributed by atoms with van der Waals surface area (Å²) in [5.74, 6) is -1.23. The monoisotopic (exact) mass is 422 g/mol. The molecule has 31 heavy (non-hydrogen) atoms. The fourth-order valence-corrected chi connectivity index (χ4v) is 4.49. The summed E-state index contributed by atoms with van der Waals surface area (Å²) in [6.45, 7) is 3.27. The quantitative estimate of drug-likeness (QED) is 0.528. The molecular weight excluding hydrogens is 396 g/mol. The molecule has 1 atom stereocenters. The van der Waals surface area contributed by atoms with E-state index in [0.717, 1.165) is 18.2 Å². The number of piperidine rings is 1. The van der Waals surface area contributed by atoms with Crippen molar-refractivity contribution in [1.29, 1.82) is 0 Å². The van der Waals surface area contributed by atoms with Crippen LogP contribution in [0.1, 0.15) is 53.3 Å². The predicted octanol–water partition coefficient (Wildman–Crippen LogP) is 3.02. The van der Waals surface area contributed by atoms with Crippen LogP contribution in [0, 0.1) is 5.92 Å². The van der Waals surface area contributed by atoms with E-state index in [0.29, 0.717) is 42.6 Å². The SMILES string of the molecule is CCOC(=O)[C@@H]1CCCN(C(=O)CCCN2C(=O)c3cccc4cccc(c34)C2=O)C1. The number of hydrogen-bond acceptors (Lipinski definition) is 5. The molecule has 0 spiro atoms. The summed E-state index contributed by atoms with van der Waals surface area (Å²) in [6.07, 6.45) is 2.09. The summed E-state index contributed by atoms with van der Waals surface area (Å²) in [5, 5.41) is 1.57. The summed E-state index contributed by atoms with van der Waals surface area (Å²) in [5.41, 5.74) is 1.04. The Hall–Kier alpha value is -3.22. The molecule has 2 aliphatic heterocycles. The summed E-state index contributed by atoms with van der Waals surface area (Å²) in [7, 11) is 0. The van der Waals surface area contributed by atoms with Crippen LogP contribution in [-0.2, 0) is 14.3 Å². The number of carbonyl (C=O) groups excluding carboxylic acids is 4. The van der Waals surface area contributed by atoms with Gasteiger partial charge in [0.15, 0.2) is 0 Å². The second-order valence-electron chi connectivity index (χ2n) is 8.01. The van der Waals surface area contributed by atoms with Crippen molar-refractivity contribution in [1.82, 2.24) is 9.80 Å². The fraction of sp³-hybridized carbons (Fsp3) is 0.417. The van der Waals surface area contributed by atoms with Gasteiger partial charge in [-0.05, 0) is 43.7 Å². The van der Waals surface area contributed by atoms with Crippen molar-refractivity contribution in [3.8, 4) is 0 Å². The molecule has 2 aromatic rings. The van der Waals surface area contributed by atoms with Crippen LogP contribution in [-0.4, -0.2) is 59.7 Å². The highest BCUT2D eigenvalue weighted by Gasteiger charge is 2.33. The minimum Gasteiger partial charge on any atom is -0.466 e. The van der Waals surface area contributed by atoms with Crippen molar-refractivity contribution in [2.45, 2.75) is 32.6 Å². The number of nitrogens with zero attached hydrogens (tertiary/aromatic N) is 2. The Morgan fingerprint density at radius 3 is 2.39 bits per heavy atom. The number of likely N-dealkylation sites (tertiary alicyclic amines) is 1. The third kappa shape index (κ3) is 4.04. The first-order valence-corrected chi connectivity index (χ1v) is 10.8. The summed E-state index contributed by atoms with van der Waals surface area (Å²) in [6, 6.07) is 10.9. The minimum atomic E-state index is -0.318. The number of benzene rings is 2. The topological polar surface area (TPSA) is 84.0 Å². The Labute approximate surface area is 180 Å². The first-order chi connectivity index (χ1) is 15.0. The van der Waals surface area contributed by atoms with E-state index in [1.165, 1.54) is 4.90 Å². The number of rotatable bonds is 6. The van der Waals surface area contributed by atoms with Crippen molar-refractivity contribution in [2.24, 2.45) is 5.92 Å². The number of esters is 1. The Bertz CT molecular complexity index is 997. The van der Waals surface area contributed by atoms with Crippen LogP contribution in [0.15, 0.2) is 36.4 Å². The third-order valence-corrected chi connectivity index (χ3v) is 6.02. The van der Waals surface area contributed by atoms with Crippen LogP contribution < -0.4 is 0 Å². The maximum Gasteiger partial charge on any atom is 0.310 e. The van der Waals surface area contributed by atoms with E-state index in [-0.39, 0.29) is 42.6 Å². The smallest absolute Gasteiger partial charge is 0.310 e. The van der Waals surface area contributed by atoms with Crippen molar-refractivity contribution < 1.29 is 23.9 Å². The molecule has 0 bridgehead atoms. The molecule has 162 valence electrons. The third-order valence-electron chi connectivity index (χ3n) is 6.02. The minimum absolute atomic E-state index is 0.0617. The first-order valence-electron chi connectivity index (χ1n) is 10.8. The molecule has 0 aliphatic carbocycles. The Morgan fingerprint density at radius 2 is 1.74 bits per heavy atom. The molecule has 7 heteroatoms. The Morgan fingerprint density at radius 1 is 1.06 bits per heavy atom. The molecule has 7 nitrogen and oxygen atoms in total. The fourth-order valence-electron chi connectivity index (χ4n) is 4.49. The molecule has 2 heterocycles. The lowest BCUT2D eigenvalue weighted by atomic mass is 9.94. The van der Waals surface area contributed by atoms with E-state index >= 15 is 0 Å². The lowest BCUT2D eigenvalue weighted by Gasteiger charge is -2.32. The standard InChI is InChI=1S/C24H26N2O5/c1-2-31-24(30)17-9-5-13-25(15-17)20(27)12-6-14-26-22(28)18-10-3-7-16-8-4-11-19(21(16)18)23(26)29/h3-4,7-8,10-11,17H,2,5-6,9,12-15H2,1H3/t17-/m1/s1. The van der Waals surface area contributed by atoms with Gasteiger partial charge in [-0.3, -0.25) is 24.1 Å². The lowest BCUT2D eigenvalue weighted by molar-refractivity contribution is -0.151. The molecule has 0 saturated carbocycles. The van der Waals surface area contributed by atoms with Gasteiger partial charge in [0.25, 0.3) is 11.8 Å². The van der Waals surface area contributed by atoms with Crippen LogP contribution >= 0.6 is 0 Å². The van der Waals surface area contributed by atoms with Crippen molar-refractivity contribution in [2.75, 3.05) is 26.2 Å². The summed E-state index contributed by atoms with van der Waals surface area (Å²) in [4.78, 5) is 53.5. The number of hydrogen-bond donors (Lipinski definition) is 0. The maximum atomic E-state index is 12.9. The van der Waals surface area contributed by atoms with E-state index in [1.807, 2.05) is 24.3 Å². The molecule has 2 aromatic carbocycles. The lowest BCUT2D eigenvalue weighted by Crippen LogP contribution is -2.43. The summed E-state index contributed by atoms with van der Waals surface area (Å²) < 4.78 is 5.09. The van der Waals surface area contributed by atoms with E-state index in [2.05, 4.69) is 0 Å². The van der Waals surface area contributed by atoms with Crippen LogP contribution in [0.2, 0.25) is 0 Å². The highest BCUT2D eigenvalue weighted by atomic mass is 16.5. The Balaban J connectivity index is 1.38. The number of carbonyl (C=O) groups is 4. The van der Waals surface area contributed by atoms with Gasteiger partial charge >= 0.3 is 5.97 Å². The van der Waals surface area contributed by atoms with Gasteiger partial charge in [0.05, 0.1) is 12.5 Å². The number of ether oxygens (including phenoxy) is 1. The van der Waals surface area contributed by atoms with E-state index in [9.17, 15) is 19.2 Å². The van der Waals surface area contributed by atoms with Crippen molar-refractivity contribution in [3.63, 3.8) is 0 Å². The number of imide groups is 1. The molecule has 0 aromatic heterocycles. The zero-order valence-corrected chi connectivity index (χ0v) is 17.6. The molecular formula is C24H26N2O5. The first kappa shape index (κ1) is 21.0. The van der Waals surface area contributed by atoms with Gasteiger partial charge in [-0.25, -0.2) is 0 Å². The zero-order chi connectivity index (χ0) is 22.0. The average molecular weight is 422 g/mol. The van der Waals surface area contributed by atoms with Gasteiger partial charge < -0.3 is 9.64 Å². The molecule has 0 radical (unpaired) electrons. The molecule has 3 amide bonds. The van der Waals surface area contributed by atoms with Crippen LogP contribution in [0.25, 0.3) is 10.8 Å². The maximum absolute atomic E-state index is 12.9. The van der Waals surface area contributed by atoms with Crippen LogP contribution in [0.3, 0.4) is 0 Å². The largest absolute Gasteiger partial charge is 0.466 e. The molecule has 2 aliphatic rings. The second kappa shape index (κ2) is 8.88.